The largest absolute Gasteiger partial charge is 0.495 e. The summed E-state index contributed by atoms with van der Waals surface area (Å²) in [4.78, 5) is 4.73. The van der Waals surface area contributed by atoms with Crippen molar-refractivity contribution in [2.75, 3.05) is 0 Å². The quantitative estimate of drug-likeness (QED) is 0.525. The van der Waals surface area contributed by atoms with Crippen molar-refractivity contribution in [1.29, 1.82) is 0 Å². The molecular formula is C26H31BN2O2. The predicted octanol–water partition coefficient (Wildman–Crippen LogP) is 5.43. The zero-order valence-corrected chi connectivity index (χ0v) is 19.6. The Kier molecular flexibility index (Phi) is 4.51. The van der Waals surface area contributed by atoms with E-state index in [2.05, 4.69) is 95.6 Å². The van der Waals surface area contributed by atoms with Crippen molar-refractivity contribution in [2.24, 2.45) is 0 Å². The second kappa shape index (κ2) is 6.82. The van der Waals surface area contributed by atoms with Gasteiger partial charge in [-0.2, -0.15) is 0 Å². The summed E-state index contributed by atoms with van der Waals surface area (Å²) in [6.45, 7) is 15.2. The molecule has 0 amide bonds. The summed E-state index contributed by atoms with van der Waals surface area (Å²) in [6.07, 6.45) is 3.98. The van der Waals surface area contributed by atoms with Crippen molar-refractivity contribution in [1.82, 2.24) is 9.55 Å². The molecule has 2 bridgehead atoms. The van der Waals surface area contributed by atoms with Gasteiger partial charge in [0.2, 0.25) is 0 Å². The van der Waals surface area contributed by atoms with Gasteiger partial charge in [-0.25, -0.2) is 4.98 Å². The number of fused-ring (bicyclic) bond motifs is 6. The fourth-order valence-electron chi connectivity index (χ4n) is 4.81. The SMILES string of the molecule is CC(C)c1cccc2c1-n1ccnc1-c1ccc(B3OC(C)(C)C(C)(C)O3)c(c1)C2C. The van der Waals surface area contributed by atoms with Crippen LogP contribution in [0.5, 0.6) is 0 Å². The van der Waals surface area contributed by atoms with Crippen LogP contribution >= 0.6 is 0 Å². The van der Waals surface area contributed by atoms with Crippen molar-refractivity contribution >= 4 is 12.6 Å². The lowest BCUT2D eigenvalue weighted by molar-refractivity contribution is 0.00578. The molecule has 5 heteroatoms. The summed E-state index contributed by atoms with van der Waals surface area (Å²) in [6, 6.07) is 13.3. The number of benzene rings is 2. The normalized spacial score (nSPS) is 20.9. The average molecular weight is 414 g/mol. The third-order valence-electron chi connectivity index (χ3n) is 7.39. The Morgan fingerprint density at radius 2 is 1.71 bits per heavy atom. The molecule has 1 atom stereocenters. The molecule has 1 saturated heterocycles. The number of rotatable bonds is 2. The van der Waals surface area contributed by atoms with Crippen molar-refractivity contribution in [3.63, 3.8) is 0 Å². The fraction of sp³-hybridized carbons (Fsp3) is 0.423. The maximum Gasteiger partial charge on any atom is 0.495 e. The highest BCUT2D eigenvalue weighted by atomic mass is 16.7. The van der Waals surface area contributed by atoms with Gasteiger partial charge in [-0.05, 0) is 61.8 Å². The highest BCUT2D eigenvalue weighted by Gasteiger charge is 2.52. The lowest BCUT2D eigenvalue weighted by Gasteiger charge is -2.32. The highest BCUT2D eigenvalue weighted by Crippen LogP contribution is 2.41. The van der Waals surface area contributed by atoms with Gasteiger partial charge < -0.3 is 9.31 Å². The summed E-state index contributed by atoms with van der Waals surface area (Å²) < 4.78 is 15.1. The Morgan fingerprint density at radius 3 is 2.39 bits per heavy atom. The van der Waals surface area contributed by atoms with Crippen molar-refractivity contribution in [3.05, 3.63) is 65.5 Å². The number of imidazole rings is 1. The Morgan fingerprint density at radius 1 is 1.00 bits per heavy atom. The number of para-hydroxylation sites is 1. The van der Waals surface area contributed by atoms with E-state index in [0.717, 1.165) is 16.9 Å². The van der Waals surface area contributed by atoms with Crippen LogP contribution in [0, 0.1) is 0 Å². The first-order valence-corrected chi connectivity index (χ1v) is 11.3. The predicted molar refractivity (Wildman–Crippen MR) is 126 cm³/mol. The first kappa shape index (κ1) is 20.5. The van der Waals surface area contributed by atoms with Gasteiger partial charge >= 0.3 is 7.12 Å². The topological polar surface area (TPSA) is 36.3 Å². The number of aromatic nitrogens is 2. The van der Waals surface area contributed by atoms with E-state index in [0.29, 0.717) is 5.92 Å². The molecular weight excluding hydrogens is 383 g/mol. The molecule has 0 aliphatic carbocycles. The molecule has 3 heterocycles. The van der Waals surface area contributed by atoms with Gasteiger partial charge in [0.15, 0.2) is 0 Å². The monoisotopic (exact) mass is 414 g/mol. The first-order chi connectivity index (χ1) is 14.6. The van der Waals surface area contributed by atoms with Crippen LogP contribution in [0.4, 0.5) is 0 Å². The van der Waals surface area contributed by atoms with Crippen molar-refractivity contribution in [2.45, 2.75) is 71.5 Å². The molecule has 2 aliphatic heterocycles. The van der Waals surface area contributed by atoms with Gasteiger partial charge in [0, 0.05) is 23.9 Å². The lowest BCUT2D eigenvalue weighted by atomic mass is 9.71. The van der Waals surface area contributed by atoms with Crippen LogP contribution in [0.3, 0.4) is 0 Å². The van der Waals surface area contributed by atoms with Gasteiger partial charge in [-0.3, -0.25) is 4.57 Å². The van der Waals surface area contributed by atoms with Gasteiger partial charge in [-0.1, -0.05) is 51.1 Å². The molecule has 1 fully saturated rings. The summed E-state index contributed by atoms with van der Waals surface area (Å²) in [5.74, 6) is 1.58. The van der Waals surface area contributed by atoms with Crippen LogP contribution in [-0.2, 0) is 9.31 Å². The molecule has 1 aromatic heterocycles. The number of hydrogen-bond acceptors (Lipinski definition) is 3. The first-order valence-electron chi connectivity index (χ1n) is 11.3. The summed E-state index contributed by atoms with van der Waals surface area (Å²) >= 11 is 0. The van der Waals surface area contributed by atoms with Gasteiger partial charge in [0.05, 0.1) is 16.9 Å². The molecule has 0 spiro atoms. The van der Waals surface area contributed by atoms with E-state index in [1.165, 1.54) is 22.4 Å². The van der Waals surface area contributed by atoms with E-state index in [1.807, 2.05) is 6.20 Å². The zero-order chi connectivity index (χ0) is 22.1. The highest BCUT2D eigenvalue weighted by molar-refractivity contribution is 6.62. The Hall–Kier alpha value is -2.37. The van der Waals surface area contributed by atoms with Crippen LogP contribution in [0.2, 0.25) is 0 Å². The maximum atomic E-state index is 6.44. The molecule has 5 rings (SSSR count). The lowest BCUT2D eigenvalue weighted by Crippen LogP contribution is -2.41. The molecule has 31 heavy (non-hydrogen) atoms. The smallest absolute Gasteiger partial charge is 0.399 e. The third-order valence-corrected chi connectivity index (χ3v) is 7.39. The minimum absolute atomic E-state index is 0.193. The molecule has 3 aromatic rings. The van der Waals surface area contributed by atoms with E-state index >= 15 is 0 Å². The van der Waals surface area contributed by atoms with E-state index in [4.69, 9.17) is 14.3 Å². The fourth-order valence-corrected chi connectivity index (χ4v) is 4.81. The second-order valence-corrected chi connectivity index (χ2v) is 10.2. The third kappa shape index (κ3) is 3.01. The average Bonchev–Trinajstić information content (AvgIpc) is 3.27. The molecule has 0 saturated carbocycles. The number of nitrogens with zero attached hydrogens (tertiary/aromatic N) is 2. The summed E-state index contributed by atoms with van der Waals surface area (Å²) in [7, 11) is -0.382. The van der Waals surface area contributed by atoms with Crippen LogP contribution in [0.1, 0.15) is 77.0 Å². The minimum Gasteiger partial charge on any atom is -0.399 e. The molecule has 160 valence electrons. The Labute approximate surface area is 185 Å². The van der Waals surface area contributed by atoms with Gasteiger partial charge in [0.1, 0.15) is 5.82 Å². The van der Waals surface area contributed by atoms with E-state index in [1.54, 1.807) is 0 Å². The molecule has 0 N–H and O–H groups in total. The molecule has 4 nitrogen and oxygen atoms in total. The van der Waals surface area contributed by atoms with Crippen LogP contribution in [0.15, 0.2) is 48.8 Å². The van der Waals surface area contributed by atoms with Crippen LogP contribution < -0.4 is 5.46 Å². The van der Waals surface area contributed by atoms with Crippen molar-refractivity contribution in [3.8, 4) is 17.1 Å². The van der Waals surface area contributed by atoms with Gasteiger partial charge in [-0.15, -0.1) is 0 Å². The Bertz CT molecular complexity index is 1150. The standard InChI is InChI=1S/C26H31BN2O2/c1-16(2)19-9-8-10-20-17(3)21-15-18(24-28-13-14-29(24)23(19)20)11-12-22(21)27-30-25(4,5)26(6,7)31-27/h8-17H,1-7H3. The minimum atomic E-state index is -0.382. The van der Waals surface area contributed by atoms with Crippen LogP contribution in [-0.4, -0.2) is 27.9 Å². The van der Waals surface area contributed by atoms with E-state index in [9.17, 15) is 0 Å². The second-order valence-electron chi connectivity index (χ2n) is 10.2. The molecule has 0 radical (unpaired) electrons. The van der Waals surface area contributed by atoms with E-state index in [-0.39, 0.29) is 24.2 Å². The van der Waals surface area contributed by atoms with E-state index < -0.39 is 0 Å². The zero-order valence-electron chi connectivity index (χ0n) is 19.6. The summed E-state index contributed by atoms with van der Waals surface area (Å²) in [5, 5.41) is 0. The molecule has 2 aliphatic rings. The number of hydrogen-bond donors (Lipinski definition) is 0. The summed E-state index contributed by atoms with van der Waals surface area (Å²) in [5.41, 5.74) is 6.63. The van der Waals surface area contributed by atoms with Gasteiger partial charge in [0.25, 0.3) is 0 Å². The maximum absolute atomic E-state index is 6.44. The van der Waals surface area contributed by atoms with Crippen molar-refractivity contribution < 1.29 is 9.31 Å². The van der Waals surface area contributed by atoms with Crippen LogP contribution in [0.25, 0.3) is 17.1 Å². The molecule has 2 aromatic carbocycles. The molecule has 1 unspecified atom stereocenters. The Balaban J connectivity index is 1.74.